The van der Waals surface area contributed by atoms with E-state index in [1.807, 2.05) is 0 Å². The quantitative estimate of drug-likeness (QED) is 0.475. The number of rotatable bonds is 5. The van der Waals surface area contributed by atoms with E-state index in [1.165, 1.54) is 28.7 Å². The summed E-state index contributed by atoms with van der Waals surface area (Å²) in [5.74, 6) is 0.941. The lowest BCUT2D eigenvalue weighted by atomic mass is 10.1. The molecule has 0 bridgehead atoms. The van der Waals surface area contributed by atoms with Crippen LogP contribution in [-0.2, 0) is 35.8 Å². The molecule has 0 unspecified atom stereocenters. The number of aryl methyl sites for hydroxylation is 1. The lowest BCUT2D eigenvalue weighted by molar-refractivity contribution is -0.137. The molecule has 0 amide bonds. The minimum atomic E-state index is -4.53. The highest BCUT2D eigenvalue weighted by Gasteiger charge is 2.34. The van der Waals surface area contributed by atoms with E-state index in [-0.39, 0.29) is 36.0 Å². The monoisotopic (exact) mass is 479 g/mol. The van der Waals surface area contributed by atoms with E-state index in [4.69, 9.17) is 11.5 Å². The van der Waals surface area contributed by atoms with Crippen molar-refractivity contribution < 1.29 is 21.6 Å². The van der Waals surface area contributed by atoms with Gasteiger partial charge in [-0.25, -0.2) is 23.4 Å². The van der Waals surface area contributed by atoms with Crippen LogP contribution in [0.5, 0.6) is 0 Å². The topological polar surface area (TPSA) is 140 Å². The molecule has 5 N–H and O–H groups in total. The average molecular weight is 479 g/mol. The van der Waals surface area contributed by atoms with E-state index in [0.29, 0.717) is 28.5 Å². The van der Waals surface area contributed by atoms with Crippen LogP contribution in [0.1, 0.15) is 28.2 Å². The summed E-state index contributed by atoms with van der Waals surface area (Å²) >= 11 is 0. The summed E-state index contributed by atoms with van der Waals surface area (Å²) in [7, 11) is -3.87. The van der Waals surface area contributed by atoms with Crippen molar-refractivity contribution in [3.63, 3.8) is 0 Å². The molecule has 0 spiro atoms. The Kier molecular flexibility index (Phi) is 5.62. The van der Waals surface area contributed by atoms with Crippen molar-refractivity contribution in [1.29, 1.82) is 0 Å². The van der Waals surface area contributed by atoms with Crippen molar-refractivity contribution in [3.8, 4) is 0 Å². The number of sulfonamides is 1. The molecule has 0 aliphatic carbocycles. The average Bonchev–Trinajstić information content (AvgIpc) is 3.16. The van der Waals surface area contributed by atoms with Crippen molar-refractivity contribution in [2.75, 3.05) is 16.8 Å². The van der Waals surface area contributed by atoms with Crippen LogP contribution in [0.25, 0.3) is 0 Å². The summed E-state index contributed by atoms with van der Waals surface area (Å²) in [6, 6.07) is 6.07. The lowest BCUT2D eigenvalue weighted by Crippen LogP contribution is -2.26. The largest absolute Gasteiger partial charge is 0.416 e. The van der Waals surface area contributed by atoms with E-state index < -0.39 is 21.8 Å². The Morgan fingerprint density at radius 3 is 2.55 bits per heavy atom. The maximum Gasteiger partial charge on any atom is 0.416 e. The van der Waals surface area contributed by atoms with Gasteiger partial charge in [-0.1, -0.05) is 0 Å². The third kappa shape index (κ3) is 4.68. The van der Waals surface area contributed by atoms with Crippen LogP contribution in [0.15, 0.2) is 41.4 Å². The Labute approximate surface area is 187 Å². The highest BCUT2D eigenvalue weighted by molar-refractivity contribution is 7.89. The van der Waals surface area contributed by atoms with Gasteiger partial charge >= 0.3 is 6.18 Å². The van der Waals surface area contributed by atoms with Gasteiger partial charge < -0.3 is 16.8 Å². The number of fused-ring (bicyclic) bond motifs is 1. The number of nitrogens with zero attached hydrogens (tertiary/aromatic N) is 4. The highest BCUT2D eigenvalue weighted by Crippen LogP contribution is 2.33. The van der Waals surface area contributed by atoms with Crippen LogP contribution in [-0.4, -0.2) is 27.7 Å². The van der Waals surface area contributed by atoms with Crippen molar-refractivity contribution in [2.45, 2.75) is 37.6 Å². The number of nitrogen functional groups attached to an aromatic ring is 2. The molecule has 1 aliphatic rings. The van der Waals surface area contributed by atoms with Gasteiger partial charge in [0, 0.05) is 30.5 Å². The van der Waals surface area contributed by atoms with E-state index in [0.717, 1.165) is 12.1 Å². The number of anilines is 3. The summed E-state index contributed by atoms with van der Waals surface area (Å²) in [5, 5.41) is 3.00. The summed E-state index contributed by atoms with van der Waals surface area (Å²) in [4.78, 5) is 12.5. The zero-order valence-electron chi connectivity index (χ0n) is 17.4. The van der Waals surface area contributed by atoms with Gasteiger partial charge in [-0.05, 0) is 42.8 Å². The second-order valence-electron chi connectivity index (χ2n) is 7.55. The molecule has 1 aliphatic heterocycles. The molecule has 0 atom stereocenters. The van der Waals surface area contributed by atoms with Gasteiger partial charge in [0.15, 0.2) is 0 Å². The number of pyridine rings is 1. The normalized spacial score (nSPS) is 14.3. The molecule has 13 heteroatoms. The third-order valence-electron chi connectivity index (χ3n) is 5.06. The minimum absolute atomic E-state index is 0.00458. The third-order valence-corrected chi connectivity index (χ3v) is 6.84. The maximum absolute atomic E-state index is 13.1. The number of alkyl halides is 3. The second-order valence-corrected chi connectivity index (χ2v) is 9.49. The number of benzene rings is 1. The smallest absolute Gasteiger partial charge is 0.399 e. The molecule has 3 heterocycles. The van der Waals surface area contributed by atoms with Crippen LogP contribution >= 0.6 is 0 Å². The molecule has 174 valence electrons. The molecular weight excluding hydrogens is 459 g/mol. The highest BCUT2D eigenvalue weighted by atomic mass is 32.2. The molecule has 0 fully saturated rings. The number of hydrogen-bond donors (Lipinski definition) is 3. The van der Waals surface area contributed by atoms with Crippen LogP contribution in [0, 0.1) is 6.92 Å². The summed E-state index contributed by atoms with van der Waals surface area (Å²) in [6.07, 6.45) is -3.34. The van der Waals surface area contributed by atoms with Crippen LogP contribution in [0.4, 0.5) is 30.5 Å². The zero-order valence-corrected chi connectivity index (χ0v) is 18.2. The standard InChI is InChI=1S/C20H20F3N7O2S/c1-11-28-17-10-30(33(31,32)15-2-3-18(25)26-8-15)9-16(17)19(29-11)27-7-12-4-13(20(21,22)23)6-14(24)5-12/h2-6,8H,7,9-10,24H2,1H3,(H2,25,26)(H,27,28,29). The van der Waals surface area contributed by atoms with Gasteiger partial charge in [0.2, 0.25) is 10.0 Å². The van der Waals surface area contributed by atoms with Gasteiger partial charge in [-0.2, -0.15) is 17.5 Å². The number of halogens is 3. The Morgan fingerprint density at radius 1 is 1.12 bits per heavy atom. The first-order valence-electron chi connectivity index (χ1n) is 9.72. The maximum atomic E-state index is 13.1. The van der Waals surface area contributed by atoms with Crippen LogP contribution in [0.2, 0.25) is 0 Å². The molecule has 9 nitrogen and oxygen atoms in total. The molecule has 4 rings (SSSR count). The Balaban J connectivity index is 1.59. The number of aromatic nitrogens is 3. The van der Waals surface area contributed by atoms with Crippen LogP contribution in [0.3, 0.4) is 0 Å². The Hall–Kier alpha value is -3.45. The summed E-state index contributed by atoms with van der Waals surface area (Å²) < 4.78 is 66.5. The van der Waals surface area contributed by atoms with Crippen molar-refractivity contribution in [1.82, 2.24) is 19.3 Å². The molecule has 0 saturated carbocycles. The number of nitrogens with one attached hydrogen (secondary N) is 1. The number of hydrogen-bond acceptors (Lipinski definition) is 8. The fourth-order valence-electron chi connectivity index (χ4n) is 3.53. The van der Waals surface area contributed by atoms with E-state index in [9.17, 15) is 21.6 Å². The molecule has 0 radical (unpaired) electrons. The Morgan fingerprint density at radius 2 is 1.88 bits per heavy atom. The van der Waals surface area contributed by atoms with Crippen molar-refractivity contribution >= 4 is 27.3 Å². The van der Waals surface area contributed by atoms with Crippen molar-refractivity contribution in [2.24, 2.45) is 0 Å². The van der Waals surface area contributed by atoms with Gasteiger partial charge in [-0.15, -0.1) is 0 Å². The first-order valence-corrected chi connectivity index (χ1v) is 11.2. The van der Waals surface area contributed by atoms with E-state index in [1.54, 1.807) is 6.92 Å². The van der Waals surface area contributed by atoms with Gasteiger partial charge in [-0.3, -0.25) is 0 Å². The van der Waals surface area contributed by atoms with E-state index >= 15 is 0 Å². The molecule has 3 aromatic rings. The molecule has 33 heavy (non-hydrogen) atoms. The minimum Gasteiger partial charge on any atom is -0.399 e. The first-order chi connectivity index (χ1) is 15.4. The fourth-order valence-corrected chi connectivity index (χ4v) is 4.84. The zero-order chi connectivity index (χ0) is 24.0. The molecule has 2 aromatic heterocycles. The van der Waals surface area contributed by atoms with Crippen LogP contribution < -0.4 is 16.8 Å². The second kappa shape index (κ2) is 8.15. The summed E-state index contributed by atoms with van der Waals surface area (Å²) in [6.45, 7) is 1.67. The lowest BCUT2D eigenvalue weighted by Gasteiger charge is -2.15. The molecule has 0 saturated heterocycles. The molecule has 1 aromatic carbocycles. The summed E-state index contributed by atoms with van der Waals surface area (Å²) in [5.41, 5.74) is 11.7. The molecular formula is C20H20F3N7O2S. The van der Waals surface area contributed by atoms with Crippen molar-refractivity contribution in [3.05, 3.63) is 64.7 Å². The SMILES string of the molecule is Cc1nc2c(c(NCc3cc(N)cc(C(F)(F)F)c3)n1)CN(S(=O)(=O)c1ccc(N)nc1)C2. The predicted octanol–water partition coefficient (Wildman–Crippen LogP) is 2.68. The first kappa shape index (κ1) is 22.7. The van der Waals surface area contributed by atoms with Gasteiger partial charge in [0.05, 0.1) is 17.8 Å². The number of nitrogens with two attached hydrogens (primary N) is 2. The van der Waals surface area contributed by atoms with Gasteiger partial charge in [0.25, 0.3) is 0 Å². The Bertz CT molecular complexity index is 1310. The van der Waals surface area contributed by atoms with E-state index in [2.05, 4.69) is 20.3 Å². The fraction of sp³-hybridized carbons (Fsp3) is 0.250. The van der Waals surface area contributed by atoms with Gasteiger partial charge in [0.1, 0.15) is 22.4 Å². The predicted molar refractivity (Wildman–Crippen MR) is 115 cm³/mol.